The normalized spacial score (nSPS) is 14.8. The standard InChI is InChI=1S/C14H15ClFN3/c15-12-2-1-3-13(16)11(12)9-19-7-6-17-14(19)8-18-10-4-5-10/h1-3,6-7,10,18H,4-5,8-9H2. The molecule has 1 fully saturated rings. The fraction of sp³-hybridized carbons (Fsp3) is 0.357. The second-order valence-electron chi connectivity index (χ2n) is 4.83. The van der Waals surface area contributed by atoms with Gasteiger partial charge in [-0.25, -0.2) is 9.37 Å². The highest BCUT2D eigenvalue weighted by atomic mass is 35.5. The monoisotopic (exact) mass is 279 g/mol. The van der Waals surface area contributed by atoms with Crippen LogP contribution < -0.4 is 5.32 Å². The molecule has 1 aliphatic carbocycles. The number of halogens is 2. The molecular weight excluding hydrogens is 265 g/mol. The summed E-state index contributed by atoms with van der Waals surface area (Å²) < 4.78 is 15.7. The van der Waals surface area contributed by atoms with E-state index in [1.165, 1.54) is 18.9 Å². The lowest BCUT2D eigenvalue weighted by molar-refractivity contribution is 0.581. The number of hydrogen-bond acceptors (Lipinski definition) is 2. The number of hydrogen-bond donors (Lipinski definition) is 1. The summed E-state index contributed by atoms with van der Waals surface area (Å²) >= 11 is 6.05. The summed E-state index contributed by atoms with van der Waals surface area (Å²) in [6, 6.07) is 5.38. The van der Waals surface area contributed by atoms with E-state index in [-0.39, 0.29) is 5.82 Å². The SMILES string of the molecule is Fc1cccc(Cl)c1Cn1ccnc1CNC1CC1. The van der Waals surface area contributed by atoms with E-state index in [1.807, 2.05) is 10.8 Å². The molecule has 0 bridgehead atoms. The molecule has 1 heterocycles. The molecule has 0 spiro atoms. The Bertz CT molecular complexity index is 558. The van der Waals surface area contributed by atoms with Gasteiger partial charge in [-0.1, -0.05) is 17.7 Å². The predicted molar refractivity (Wildman–Crippen MR) is 72.6 cm³/mol. The Morgan fingerprint density at radius 2 is 2.26 bits per heavy atom. The molecule has 0 atom stereocenters. The smallest absolute Gasteiger partial charge is 0.129 e. The van der Waals surface area contributed by atoms with Gasteiger partial charge in [-0.3, -0.25) is 0 Å². The first-order valence-corrected chi connectivity index (χ1v) is 6.78. The van der Waals surface area contributed by atoms with Crippen molar-refractivity contribution in [2.75, 3.05) is 0 Å². The first-order valence-electron chi connectivity index (χ1n) is 6.40. The molecule has 0 amide bonds. The van der Waals surface area contributed by atoms with Crippen molar-refractivity contribution in [2.24, 2.45) is 0 Å². The Kier molecular flexibility index (Phi) is 3.53. The van der Waals surface area contributed by atoms with Crippen molar-refractivity contribution < 1.29 is 4.39 Å². The topological polar surface area (TPSA) is 29.9 Å². The zero-order valence-corrected chi connectivity index (χ0v) is 11.2. The molecule has 1 aliphatic rings. The minimum Gasteiger partial charge on any atom is -0.329 e. The van der Waals surface area contributed by atoms with Gasteiger partial charge in [-0.2, -0.15) is 0 Å². The van der Waals surface area contributed by atoms with Gasteiger partial charge in [0.25, 0.3) is 0 Å². The maximum atomic E-state index is 13.8. The van der Waals surface area contributed by atoms with Crippen molar-refractivity contribution in [3.05, 3.63) is 52.8 Å². The molecule has 100 valence electrons. The van der Waals surface area contributed by atoms with Crippen molar-refractivity contribution >= 4 is 11.6 Å². The minimum atomic E-state index is -0.276. The Labute approximate surface area is 116 Å². The molecule has 0 radical (unpaired) electrons. The molecule has 0 unspecified atom stereocenters. The number of imidazole rings is 1. The van der Waals surface area contributed by atoms with Crippen LogP contribution in [0.1, 0.15) is 24.2 Å². The van der Waals surface area contributed by atoms with E-state index < -0.39 is 0 Å². The van der Waals surface area contributed by atoms with Crippen LogP contribution in [0.25, 0.3) is 0 Å². The van der Waals surface area contributed by atoms with Crippen LogP contribution >= 0.6 is 11.6 Å². The van der Waals surface area contributed by atoms with Crippen molar-refractivity contribution in [3.63, 3.8) is 0 Å². The van der Waals surface area contributed by atoms with Gasteiger partial charge in [0.2, 0.25) is 0 Å². The second kappa shape index (κ2) is 5.31. The van der Waals surface area contributed by atoms with Crippen molar-refractivity contribution in [1.29, 1.82) is 0 Å². The minimum absolute atomic E-state index is 0.276. The average Bonchev–Trinajstić information content (AvgIpc) is 3.11. The number of benzene rings is 1. The molecule has 5 heteroatoms. The third-order valence-corrected chi connectivity index (χ3v) is 3.67. The van der Waals surface area contributed by atoms with Gasteiger partial charge in [0.05, 0.1) is 13.1 Å². The second-order valence-corrected chi connectivity index (χ2v) is 5.23. The predicted octanol–water partition coefficient (Wildman–Crippen LogP) is 2.98. The Balaban J connectivity index is 1.77. The highest BCUT2D eigenvalue weighted by Crippen LogP contribution is 2.21. The Hall–Kier alpha value is -1.39. The van der Waals surface area contributed by atoms with E-state index in [2.05, 4.69) is 10.3 Å². The molecular formula is C14H15ClFN3. The van der Waals surface area contributed by atoms with E-state index in [0.29, 0.717) is 29.7 Å². The summed E-state index contributed by atoms with van der Waals surface area (Å²) in [6.07, 6.45) is 6.06. The van der Waals surface area contributed by atoms with Crippen molar-refractivity contribution in [3.8, 4) is 0 Å². The number of nitrogens with one attached hydrogen (secondary N) is 1. The van der Waals surface area contributed by atoms with Gasteiger partial charge in [0.15, 0.2) is 0 Å². The lowest BCUT2D eigenvalue weighted by Crippen LogP contribution is -2.19. The van der Waals surface area contributed by atoms with Gasteiger partial charge in [-0.05, 0) is 25.0 Å². The first-order chi connectivity index (χ1) is 9.24. The van der Waals surface area contributed by atoms with E-state index in [1.54, 1.807) is 18.3 Å². The van der Waals surface area contributed by atoms with E-state index in [0.717, 1.165) is 5.82 Å². The maximum Gasteiger partial charge on any atom is 0.129 e. The molecule has 3 rings (SSSR count). The highest BCUT2D eigenvalue weighted by Gasteiger charge is 2.21. The third-order valence-electron chi connectivity index (χ3n) is 3.32. The zero-order chi connectivity index (χ0) is 13.2. The van der Waals surface area contributed by atoms with Crippen LogP contribution in [0.4, 0.5) is 4.39 Å². The van der Waals surface area contributed by atoms with Crippen LogP contribution in [0, 0.1) is 5.82 Å². The van der Waals surface area contributed by atoms with Gasteiger partial charge in [-0.15, -0.1) is 0 Å². The van der Waals surface area contributed by atoms with Crippen molar-refractivity contribution in [2.45, 2.75) is 32.0 Å². The number of rotatable bonds is 5. The van der Waals surface area contributed by atoms with Gasteiger partial charge < -0.3 is 9.88 Å². The summed E-state index contributed by atoms with van der Waals surface area (Å²) in [5.74, 6) is 0.633. The number of aromatic nitrogens is 2. The maximum absolute atomic E-state index is 13.8. The number of nitrogens with zero attached hydrogens (tertiary/aromatic N) is 2. The van der Waals surface area contributed by atoms with Gasteiger partial charge in [0.1, 0.15) is 11.6 Å². The lowest BCUT2D eigenvalue weighted by atomic mass is 10.2. The molecule has 1 saturated carbocycles. The molecule has 3 nitrogen and oxygen atoms in total. The first kappa shape index (κ1) is 12.6. The van der Waals surface area contributed by atoms with Crippen LogP contribution in [0.2, 0.25) is 5.02 Å². The fourth-order valence-electron chi connectivity index (χ4n) is 2.03. The summed E-state index contributed by atoms with van der Waals surface area (Å²) in [5, 5.41) is 3.86. The summed E-state index contributed by atoms with van der Waals surface area (Å²) in [5.41, 5.74) is 0.509. The molecule has 0 saturated heterocycles. The molecule has 1 N–H and O–H groups in total. The van der Waals surface area contributed by atoms with Crippen LogP contribution in [0.15, 0.2) is 30.6 Å². The molecule has 19 heavy (non-hydrogen) atoms. The van der Waals surface area contributed by atoms with Crippen LogP contribution in [0.5, 0.6) is 0 Å². The average molecular weight is 280 g/mol. The Morgan fingerprint density at radius 3 is 3.00 bits per heavy atom. The lowest BCUT2D eigenvalue weighted by Gasteiger charge is -2.10. The Morgan fingerprint density at radius 1 is 1.42 bits per heavy atom. The van der Waals surface area contributed by atoms with Crippen LogP contribution in [-0.2, 0) is 13.1 Å². The van der Waals surface area contributed by atoms with E-state index >= 15 is 0 Å². The highest BCUT2D eigenvalue weighted by molar-refractivity contribution is 6.31. The summed E-state index contributed by atoms with van der Waals surface area (Å²) in [7, 11) is 0. The molecule has 1 aromatic heterocycles. The largest absolute Gasteiger partial charge is 0.329 e. The van der Waals surface area contributed by atoms with Gasteiger partial charge >= 0.3 is 0 Å². The zero-order valence-electron chi connectivity index (χ0n) is 10.4. The third kappa shape index (κ3) is 2.96. The van der Waals surface area contributed by atoms with E-state index in [9.17, 15) is 4.39 Å². The summed E-state index contributed by atoms with van der Waals surface area (Å²) in [4.78, 5) is 4.31. The fourth-order valence-corrected chi connectivity index (χ4v) is 2.25. The molecule has 2 aromatic rings. The molecule has 0 aliphatic heterocycles. The quantitative estimate of drug-likeness (QED) is 0.912. The van der Waals surface area contributed by atoms with Crippen LogP contribution in [-0.4, -0.2) is 15.6 Å². The van der Waals surface area contributed by atoms with Crippen molar-refractivity contribution in [1.82, 2.24) is 14.9 Å². The van der Waals surface area contributed by atoms with Gasteiger partial charge in [0, 0.05) is 29.0 Å². The molecule has 1 aromatic carbocycles. The van der Waals surface area contributed by atoms with E-state index in [4.69, 9.17) is 11.6 Å². The van der Waals surface area contributed by atoms with Crippen LogP contribution in [0.3, 0.4) is 0 Å². The summed E-state index contributed by atoms with van der Waals surface area (Å²) in [6.45, 7) is 1.12.